The lowest BCUT2D eigenvalue weighted by molar-refractivity contribution is 0.0785. The van der Waals surface area contributed by atoms with Gasteiger partial charge in [-0.15, -0.1) is 0 Å². The molecule has 2 aromatic carbocycles. The van der Waals surface area contributed by atoms with Crippen molar-refractivity contribution >= 4 is 34.7 Å². The highest BCUT2D eigenvalue weighted by Crippen LogP contribution is 2.13. The van der Waals surface area contributed by atoms with Crippen LogP contribution in [-0.2, 0) is 6.54 Å². The Morgan fingerprint density at radius 1 is 1.19 bits per heavy atom. The minimum atomic E-state index is -0.0626. The number of amides is 1. The van der Waals surface area contributed by atoms with Crippen LogP contribution in [0.5, 0.6) is 0 Å². The van der Waals surface area contributed by atoms with Crippen molar-refractivity contribution in [3.63, 3.8) is 0 Å². The van der Waals surface area contributed by atoms with Gasteiger partial charge in [-0.05, 0) is 35.9 Å². The molecule has 0 spiro atoms. The number of halogens is 1. The Morgan fingerprint density at radius 3 is 2.48 bits per heavy atom. The minimum absolute atomic E-state index is 0.0626. The molecule has 0 bridgehead atoms. The fraction of sp³-hybridized carbons (Fsp3) is 0.125. The molecule has 0 radical (unpaired) electrons. The van der Waals surface area contributed by atoms with Gasteiger partial charge in [-0.2, -0.15) is 0 Å². The third-order valence-corrected chi connectivity index (χ3v) is 3.56. The third kappa shape index (κ3) is 4.03. The largest absolute Gasteiger partial charge is 0.389 e. The summed E-state index contributed by atoms with van der Waals surface area (Å²) in [6.45, 7) is 0.484. The Bertz CT molecular complexity index is 670. The molecule has 0 aliphatic carbocycles. The second-order valence-electron chi connectivity index (χ2n) is 4.73. The summed E-state index contributed by atoms with van der Waals surface area (Å²) in [4.78, 5) is 14.3. The van der Waals surface area contributed by atoms with Gasteiger partial charge in [0.1, 0.15) is 4.99 Å². The standard InChI is InChI=1S/C16H15ClN2OS/c1-19(16(20)12-5-7-14(17)8-6-12)10-11-3-2-4-13(9-11)15(18)21/h2-9H,10H2,1H3,(H2,18,21). The van der Waals surface area contributed by atoms with Crippen LogP contribution < -0.4 is 5.73 Å². The number of nitrogens with zero attached hydrogens (tertiary/aromatic N) is 1. The molecule has 0 fully saturated rings. The Balaban J connectivity index is 2.12. The highest BCUT2D eigenvalue weighted by atomic mass is 35.5. The summed E-state index contributed by atoms with van der Waals surface area (Å²) in [5.41, 5.74) is 8.00. The average molecular weight is 319 g/mol. The van der Waals surface area contributed by atoms with Crippen LogP contribution in [-0.4, -0.2) is 22.8 Å². The Labute approximate surface area is 134 Å². The van der Waals surface area contributed by atoms with Crippen molar-refractivity contribution < 1.29 is 4.79 Å². The molecule has 0 heterocycles. The lowest BCUT2D eigenvalue weighted by Gasteiger charge is -2.18. The molecule has 0 aliphatic rings. The van der Waals surface area contributed by atoms with Crippen LogP contribution in [0.15, 0.2) is 48.5 Å². The number of hydrogen-bond acceptors (Lipinski definition) is 2. The zero-order valence-electron chi connectivity index (χ0n) is 11.5. The van der Waals surface area contributed by atoms with Crippen LogP contribution in [0.1, 0.15) is 21.5 Å². The summed E-state index contributed by atoms with van der Waals surface area (Å²) in [6.07, 6.45) is 0. The van der Waals surface area contributed by atoms with Crippen molar-refractivity contribution in [2.75, 3.05) is 7.05 Å². The topological polar surface area (TPSA) is 46.3 Å². The molecule has 0 aliphatic heterocycles. The highest BCUT2D eigenvalue weighted by Gasteiger charge is 2.12. The first-order valence-electron chi connectivity index (χ1n) is 6.37. The Hall–Kier alpha value is -1.91. The first-order valence-corrected chi connectivity index (χ1v) is 7.16. The van der Waals surface area contributed by atoms with Crippen molar-refractivity contribution in [2.45, 2.75) is 6.54 Å². The molecule has 0 saturated heterocycles. The fourth-order valence-electron chi connectivity index (χ4n) is 1.98. The predicted molar refractivity (Wildman–Crippen MR) is 89.6 cm³/mol. The summed E-state index contributed by atoms with van der Waals surface area (Å²) >= 11 is 10.8. The number of carbonyl (C=O) groups is 1. The van der Waals surface area contributed by atoms with E-state index in [-0.39, 0.29) is 5.91 Å². The van der Waals surface area contributed by atoms with E-state index in [0.717, 1.165) is 11.1 Å². The molecular formula is C16H15ClN2OS. The fourth-order valence-corrected chi connectivity index (χ4v) is 2.23. The van der Waals surface area contributed by atoms with Gasteiger partial charge in [0, 0.05) is 29.7 Å². The van der Waals surface area contributed by atoms with Gasteiger partial charge in [0.25, 0.3) is 5.91 Å². The summed E-state index contributed by atoms with van der Waals surface area (Å²) in [5, 5.41) is 0.610. The van der Waals surface area contributed by atoms with E-state index in [9.17, 15) is 4.79 Å². The second-order valence-corrected chi connectivity index (χ2v) is 5.61. The monoisotopic (exact) mass is 318 g/mol. The van der Waals surface area contributed by atoms with Gasteiger partial charge < -0.3 is 10.6 Å². The van der Waals surface area contributed by atoms with E-state index < -0.39 is 0 Å². The number of carbonyl (C=O) groups excluding carboxylic acids is 1. The van der Waals surface area contributed by atoms with Crippen LogP contribution in [0, 0.1) is 0 Å². The molecule has 2 N–H and O–H groups in total. The summed E-state index contributed by atoms with van der Waals surface area (Å²) < 4.78 is 0. The molecule has 0 atom stereocenters. The molecule has 108 valence electrons. The molecule has 5 heteroatoms. The Morgan fingerprint density at radius 2 is 1.86 bits per heavy atom. The van der Waals surface area contributed by atoms with E-state index in [1.54, 1.807) is 36.2 Å². The van der Waals surface area contributed by atoms with Crippen LogP contribution >= 0.6 is 23.8 Å². The van der Waals surface area contributed by atoms with Gasteiger partial charge in [0.05, 0.1) is 0 Å². The summed E-state index contributed by atoms with van der Waals surface area (Å²) in [5.74, 6) is -0.0626. The van der Waals surface area contributed by atoms with Crippen LogP contribution in [0.4, 0.5) is 0 Å². The molecule has 2 rings (SSSR count). The van der Waals surface area contributed by atoms with Crippen LogP contribution in [0.25, 0.3) is 0 Å². The first-order chi connectivity index (χ1) is 9.97. The second kappa shape index (κ2) is 6.70. The number of nitrogens with two attached hydrogens (primary N) is 1. The SMILES string of the molecule is CN(Cc1cccc(C(N)=S)c1)C(=O)c1ccc(Cl)cc1. The number of thiocarbonyl (C=S) groups is 1. The van der Waals surface area contributed by atoms with Gasteiger partial charge >= 0.3 is 0 Å². The van der Waals surface area contributed by atoms with Crippen LogP contribution in [0.2, 0.25) is 5.02 Å². The predicted octanol–water partition coefficient (Wildman–Crippen LogP) is 3.25. The van der Waals surface area contributed by atoms with E-state index in [4.69, 9.17) is 29.6 Å². The maximum atomic E-state index is 12.3. The average Bonchev–Trinajstić information content (AvgIpc) is 2.47. The quantitative estimate of drug-likeness (QED) is 0.880. The zero-order valence-corrected chi connectivity index (χ0v) is 13.1. The molecule has 0 saturated carbocycles. The molecule has 21 heavy (non-hydrogen) atoms. The van der Waals surface area contributed by atoms with Gasteiger partial charge in [0.15, 0.2) is 0 Å². The van der Waals surface area contributed by atoms with Gasteiger partial charge in [-0.25, -0.2) is 0 Å². The third-order valence-electron chi connectivity index (χ3n) is 3.07. The van der Waals surface area contributed by atoms with E-state index in [2.05, 4.69) is 0 Å². The first kappa shape index (κ1) is 15.5. The van der Waals surface area contributed by atoms with Crippen molar-refractivity contribution in [3.8, 4) is 0 Å². The molecule has 2 aromatic rings. The zero-order chi connectivity index (χ0) is 15.4. The van der Waals surface area contributed by atoms with E-state index in [1.807, 2.05) is 24.3 Å². The van der Waals surface area contributed by atoms with Crippen LogP contribution in [0.3, 0.4) is 0 Å². The Kier molecular flexibility index (Phi) is 4.94. The normalized spacial score (nSPS) is 10.2. The van der Waals surface area contributed by atoms with E-state index in [1.165, 1.54) is 0 Å². The lowest BCUT2D eigenvalue weighted by atomic mass is 10.1. The molecule has 0 aromatic heterocycles. The van der Waals surface area contributed by atoms with Crippen molar-refractivity contribution in [1.29, 1.82) is 0 Å². The maximum Gasteiger partial charge on any atom is 0.253 e. The van der Waals surface area contributed by atoms with Gasteiger partial charge in [-0.1, -0.05) is 42.0 Å². The smallest absolute Gasteiger partial charge is 0.253 e. The van der Waals surface area contributed by atoms with E-state index in [0.29, 0.717) is 22.1 Å². The lowest BCUT2D eigenvalue weighted by Crippen LogP contribution is -2.26. The van der Waals surface area contributed by atoms with Crippen molar-refractivity contribution in [3.05, 3.63) is 70.2 Å². The molecule has 3 nitrogen and oxygen atoms in total. The maximum absolute atomic E-state index is 12.3. The summed E-state index contributed by atoms with van der Waals surface area (Å²) in [6, 6.07) is 14.4. The molecule has 1 amide bonds. The van der Waals surface area contributed by atoms with Crippen molar-refractivity contribution in [1.82, 2.24) is 4.90 Å². The summed E-state index contributed by atoms with van der Waals surface area (Å²) in [7, 11) is 1.75. The van der Waals surface area contributed by atoms with Gasteiger partial charge in [0.2, 0.25) is 0 Å². The highest BCUT2D eigenvalue weighted by molar-refractivity contribution is 7.80. The number of benzene rings is 2. The van der Waals surface area contributed by atoms with Crippen molar-refractivity contribution in [2.24, 2.45) is 5.73 Å². The number of hydrogen-bond donors (Lipinski definition) is 1. The van der Waals surface area contributed by atoms with E-state index >= 15 is 0 Å². The van der Waals surface area contributed by atoms with Gasteiger partial charge in [-0.3, -0.25) is 4.79 Å². The molecular weight excluding hydrogens is 304 g/mol. The minimum Gasteiger partial charge on any atom is -0.389 e. The molecule has 0 unspecified atom stereocenters. The number of rotatable bonds is 4.